The highest BCUT2D eigenvalue weighted by atomic mass is 15.2. The van der Waals surface area contributed by atoms with Crippen molar-refractivity contribution < 1.29 is 0 Å². The van der Waals surface area contributed by atoms with Crippen molar-refractivity contribution in [3.8, 4) is 6.07 Å². The van der Waals surface area contributed by atoms with E-state index in [2.05, 4.69) is 47.4 Å². The molecule has 0 aliphatic carbocycles. The average Bonchev–Trinajstić information content (AvgIpc) is 2.52. The highest BCUT2D eigenvalue weighted by molar-refractivity contribution is 5.58. The maximum absolute atomic E-state index is 9.23. The molecule has 2 aromatic rings. The smallest absolute Gasteiger partial charge is 0.0673 e. The fraction of sp³-hybridized carbons (Fsp3) is 0.278. The standard InChI is InChI=1S/C18H19N3/c19-11-10-18(14-6-2-1-3-7-14)21-13-16(20)12-15-8-4-5-9-17(15)21/h1-9,16,18H,10,12-13,20H2. The fourth-order valence-electron chi connectivity index (χ4n) is 3.13. The van der Waals surface area contributed by atoms with Gasteiger partial charge in [0.05, 0.1) is 18.5 Å². The average molecular weight is 277 g/mol. The van der Waals surface area contributed by atoms with E-state index >= 15 is 0 Å². The van der Waals surface area contributed by atoms with Crippen LogP contribution >= 0.6 is 0 Å². The Kier molecular flexibility index (Phi) is 3.89. The summed E-state index contributed by atoms with van der Waals surface area (Å²) in [5.41, 5.74) is 9.88. The van der Waals surface area contributed by atoms with E-state index in [9.17, 15) is 5.26 Å². The molecule has 0 saturated carbocycles. The van der Waals surface area contributed by atoms with E-state index in [0.717, 1.165) is 13.0 Å². The summed E-state index contributed by atoms with van der Waals surface area (Å²) in [7, 11) is 0. The van der Waals surface area contributed by atoms with Crippen molar-refractivity contribution in [2.24, 2.45) is 5.73 Å². The molecule has 2 unspecified atom stereocenters. The van der Waals surface area contributed by atoms with E-state index in [1.54, 1.807) is 0 Å². The molecule has 2 aromatic carbocycles. The van der Waals surface area contributed by atoms with Crippen LogP contribution in [0.2, 0.25) is 0 Å². The third-order valence-electron chi connectivity index (χ3n) is 4.06. The maximum Gasteiger partial charge on any atom is 0.0673 e. The van der Waals surface area contributed by atoms with Gasteiger partial charge in [0.25, 0.3) is 0 Å². The zero-order chi connectivity index (χ0) is 14.7. The number of nitrogens with zero attached hydrogens (tertiary/aromatic N) is 2. The van der Waals surface area contributed by atoms with Gasteiger partial charge >= 0.3 is 0 Å². The molecule has 3 heteroatoms. The van der Waals surface area contributed by atoms with E-state index in [-0.39, 0.29) is 12.1 Å². The zero-order valence-corrected chi connectivity index (χ0v) is 11.9. The van der Waals surface area contributed by atoms with E-state index in [1.165, 1.54) is 16.8 Å². The molecule has 2 atom stereocenters. The molecule has 3 rings (SSSR count). The molecule has 0 bridgehead atoms. The number of fused-ring (bicyclic) bond motifs is 1. The van der Waals surface area contributed by atoms with Crippen LogP contribution in [0.3, 0.4) is 0 Å². The molecule has 1 aliphatic rings. The molecule has 106 valence electrons. The second-order valence-corrected chi connectivity index (χ2v) is 5.53. The Morgan fingerprint density at radius 2 is 1.86 bits per heavy atom. The number of para-hydroxylation sites is 1. The maximum atomic E-state index is 9.23. The van der Waals surface area contributed by atoms with Crippen LogP contribution in [0.1, 0.15) is 23.6 Å². The van der Waals surface area contributed by atoms with Gasteiger partial charge in [-0.25, -0.2) is 0 Å². The van der Waals surface area contributed by atoms with Gasteiger partial charge in [0.1, 0.15) is 0 Å². The summed E-state index contributed by atoms with van der Waals surface area (Å²) in [5.74, 6) is 0. The summed E-state index contributed by atoms with van der Waals surface area (Å²) in [4.78, 5) is 2.29. The molecule has 0 radical (unpaired) electrons. The van der Waals surface area contributed by atoms with Gasteiger partial charge < -0.3 is 10.6 Å². The molecular formula is C18H19N3. The lowest BCUT2D eigenvalue weighted by Crippen LogP contribution is -2.45. The summed E-state index contributed by atoms with van der Waals surface area (Å²) in [5, 5.41) is 9.23. The molecule has 0 fully saturated rings. The number of rotatable bonds is 3. The van der Waals surface area contributed by atoms with Crippen molar-refractivity contribution in [3.63, 3.8) is 0 Å². The molecule has 0 amide bonds. The largest absolute Gasteiger partial charge is 0.362 e. The van der Waals surface area contributed by atoms with Crippen LogP contribution in [0.4, 0.5) is 5.69 Å². The van der Waals surface area contributed by atoms with Crippen LogP contribution in [0, 0.1) is 11.3 Å². The van der Waals surface area contributed by atoms with Crippen molar-refractivity contribution in [1.82, 2.24) is 0 Å². The number of hydrogen-bond donors (Lipinski definition) is 1. The van der Waals surface area contributed by atoms with Crippen molar-refractivity contribution in [3.05, 3.63) is 65.7 Å². The third-order valence-corrected chi connectivity index (χ3v) is 4.06. The molecule has 0 saturated heterocycles. The SMILES string of the molecule is N#CCC(c1ccccc1)N1CC(N)Cc2ccccc21. The molecule has 3 nitrogen and oxygen atoms in total. The first-order valence-electron chi connectivity index (χ1n) is 7.31. The Bertz CT molecular complexity index is 645. The lowest BCUT2D eigenvalue weighted by atomic mass is 9.93. The Hall–Kier alpha value is -2.31. The quantitative estimate of drug-likeness (QED) is 0.938. The molecule has 0 aromatic heterocycles. The van der Waals surface area contributed by atoms with Crippen LogP contribution in [0.25, 0.3) is 0 Å². The molecule has 1 heterocycles. The first kappa shape index (κ1) is 13.7. The molecule has 1 aliphatic heterocycles. The number of anilines is 1. The van der Waals surface area contributed by atoms with Gasteiger partial charge in [-0.2, -0.15) is 5.26 Å². The Balaban J connectivity index is 2.02. The molecular weight excluding hydrogens is 258 g/mol. The van der Waals surface area contributed by atoms with Gasteiger partial charge in [0.15, 0.2) is 0 Å². The van der Waals surface area contributed by atoms with Crippen LogP contribution in [0.15, 0.2) is 54.6 Å². The summed E-state index contributed by atoms with van der Waals surface area (Å²) in [6, 6.07) is 21.1. The predicted molar refractivity (Wildman–Crippen MR) is 84.9 cm³/mol. The van der Waals surface area contributed by atoms with Gasteiger partial charge in [-0.05, 0) is 23.6 Å². The van der Waals surface area contributed by atoms with E-state index < -0.39 is 0 Å². The second-order valence-electron chi connectivity index (χ2n) is 5.53. The Morgan fingerprint density at radius 1 is 1.14 bits per heavy atom. The van der Waals surface area contributed by atoms with E-state index in [0.29, 0.717) is 6.42 Å². The normalized spacial score (nSPS) is 18.7. The highest BCUT2D eigenvalue weighted by Crippen LogP contribution is 2.35. The summed E-state index contributed by atoms with van der Waals surface area (Å²) in [6.07, 6.45) is 1.37. The van der Waals surface area contributed by atoms with Gasteiger partial charge in [0, 0.05) is 18.3 Å². The summed E-state index contributed by atoms with van der Waals surface area (Å²) in [6.45, 7) is 0.790. The van der Waals surface area contributed by atoms with Crippen molar-refractivity contribution in [2.45, 2.75) is 24.9 Å². The lowest BCUT2D eigenvalue weighted by molar-refractivity contribution is 0.539. The summed E-state index contributed by atoms with van der Waals surface area (Å²) < 4.78 is 0. The number of nitrogens with two attached hydrogens (primary N) is 1. The first-order chi connectivity index (χ1) is 10.3. The number of benzene rings is 2. The van der Waals surface area contributed by atoms with Gasteiger partial charge in [0.2, 0.25) is 0 Å². The zero-order valence-electron chi connectivity index (χ0n) is 11.9. The topological polar surface area (TPSA) is 53.0 Å². The minimum absolute atomic E-state index is 0.0590. The molecule has 21 heavy (non-hydrogen) atoms. The first-order valence-corrected chi connectivity index (χ1v) is 7.31. The van der Waals surface area contributed by atoms with E-state index in [1.807, 2.05) is 18.2 Å². The molecule has 0 spiro atoms. The van der Waals surface area contributed by atoms with Crippen molar-refractivity contribution in [2.75, 3.05) is 11.4 Å². The van der Waals surface area contributed by atoms with Crippen LogP contribution in [0.5, 0.6) is 0 Å². The molecule has 2 N–H and O–H groups in total. The van der Waals surface area contributed by atoms with Gasteiger partial charge in [-0.3, -0.25) is 0 Å². The van der Waals surface area contributed by atoms with Crippen LogP contribution in [-0.4, -0.2) is 12.6 Å². The minimum Gasteiger partial charge on any atom is -0.362 e. The highest BCUT2D eigenvalue weighted by Gasteiger charge is 2.28. The predicted octanol–water partition coefficient (Wildman–Crippen LogP) is 3.03. The number of nitriles is 1. The van der Waals surface area contributed by atoms with Crippen molar-refractivity contribution >= 4 is 5.69 Å². The van der Waals surface area contributed by atoms with Crippen LogP contribution in [-0.2, 0) is 6.42 Å². The van der Waals surface area contributed by atoms with Gasteiger partial charge in [-0.15, -0.1) is 0 Å². The fourth-order valence-corrected chi connectivity index (χ4v) is 3.13. The summed E-state index contributed by atoms with van der Waals surface area (Å²) >= 11 is 0. The third kappa shape index (κ3) is 2.76. The minimum atomic E-state index is 0.0590. The second kappa shape index (κ2) is 5.99. The van der Waals surface area contributed by atoms with Gasteiger partial charge in [-0.1, -0.05) is 48.5 Å². The lowest BCUT2D eigenvalue weighted by Gasteiger charge is -2.39. The number of hydrogen-bond acceptors (Lipinski definition) is 3. The van der Waals surface area contributed by atoms with E-state index in [4.69, 9.17) is 5.73 Å². The van der Waals surface area contributed by atoms with Crippen LogP contribution < -0.4 is 10.6 Å². The monoisotopic (exact) mass is 277 g/mol. The Labute approximate surface area is 125 Å². The Morgan fingerprint density at radius 3 is 2.62 bits per heavy atom. The van der Waals surface area contributed by atoms with Crippen molar-refractivity contribution in [1.29, 1.82) is 5.26 Å².